The van der Waals surface area contributed by atoms with Crippen LogP contribution in [-0.2, 0) is 16.6 Å². The summed E-state index contributed by atoms with van der Waals surface area (Å²) in [6.07, 6.45) is 1.15. The number of nitrogens with one attached hydrogen (secondary N) is 1. The Morgan fingerprint density at radius 3 is 2.26 bits per heavy atom. The molecule has 0 radical (unpaired) electrons. The van der Waals surface area contributed by atoms with Crippen LogP contribution in [0.15, 0.2) is 77.2 Å². The molecule has 1 aromatic heterocycles. The van der Waals surface area contributed by atoms with Gasteiger partial charge in [0.25, 0.3) is 0 Å². The molecule has 0 unspecified atom stereocenters. The second kappa shape index (κ2) is 9.19. The van der Waals surface area contributed by atoms with Crippen molar-refractivity contribution in [1.29, 1.82) is 0 Å². The van der Waals surface area contributed by atoms with Crippen molar-refractivity contribution in [3.8, 4) is 0 Å². The van der Waals surface area contributed by atoms with Crippen LogP contribution in [0.3, 0.4) is 0 Å². The highest BCUT2D eigenvalue weighted by atomic mass is 32.2. The summed E-state index contributed by atoms with van der Waals surface area (Å²) in [5.41, 5.74) is 1.79. The molecule has 3 aromatic carbocycles. The molecule has 0 saturated heterocycles. The molecule has 4 rings (SSSR count). The van der Waals surface area contributed by atoms with Gasteiger partial charge in [0.1, 0.15) is 11.4 Å². The molecule has 1 N–H and O–H groups in total. The van der Waals surface area contributed by atoms with Crippen molar-refractivity contribution < 1.29 is 22.0 Å². The number of ketones is 1. The molecule has 0 spiro atoms. The van der Waals surface area contributed by atoms with Crippen LogP contribution in [0.1, 0.15) is 42.3 Å². The standard InChI is InChI=1S/C27H27FN2O4S/c1-27(2,3)29-26-24(25(31)19-10-12-20(28)13-11-19)22-16-21(14-15-23(22)34-26)30(35(4,32)33)17-18-8-6-5-7-9-18/h5-16,29H,17H2,1-4H3. The fourth-order valence-electron chi connectivity index (χ4n) is 3.79. The van der Waals surface area contributed by atoms with Crippen LogP contribution < -0.4 is 9.62 Å². The number of carbonyl (C=O) groups excluding carboxylic acids is 1. The first-order chi connectivity index (χ1) is 16.4. The molecule has 6 nitrogen and oxygen atoms in total. The molecular weight excluding hydrogens is 467 g/mol. The molecule has 1 heterocycles. The Labute approximate surface area is 204 Å². The number of hydrogen-bond acceptors (Lipinski definition) is 5. The molecule has 4 aromatic rings. The first-order valence-electron chi connectivity index (χ1n) is 11.1. The third kappa shape index (κ3) is 5.54. The van der Waals surface area contributed by atoms with Crippen molar-refractivity contribution >= 4 is 38.3 Å². The Bertz CT molecular complexity index is 1470. The highest BCUT2D eigenvalue weighted by Gasteiger charge is 2.27. The number of anilines is 2. The van der Waals surface area contributed by atoms with Crippen LogP contribution in [0.4, 0.5) is 16.0 Å². The minimum Gasteiger partial charge on any atom is -0.440 e. The number of benzene rings is 3. The van der Waals surface area contributed by atoms with Gasteiger partial charge in [0.2, 0.25) is 15.9 Å². The van der Waals surface area contributed by atoms with Gasteiger partial charge in [-0.15, -0.1) is 0 Å². The van der Waals surface area contributed by atoms with E-state index in [1.807, 2.05) is 51.1 Å². The first-order valence-corrected chi connectivity index (χ1v) is 12.9. The highest BCUT2D eigenvalue weighted by molar-refractivity contribution is 7.92. The van der Waals surface area contributed by atoms with Crippen LogP contribution in [0.5, 0.6) is 0 Å². The predicted octanol–water partition coefficient (Wildman–Crippen LogP) is 5.98. The number of nitrogens with zero attached hydrogens (tertiary/aromatic N) is 1. The van der Waals surface area contributed by atoms with E-state index in [4.69, 9.17) is 4.42 Å². The van der Waals surface area contributed by atoms with E-state index in [2.05, 4.69) is 5.32 Å². The van der Waals surface area contributed by atoms with Gasteiger partial charge in [-0.25, -0.2) is 12.8 Å². The van der Waals surface area contributed by atoms with Crippen LogP contribution in [0, 0.1) is 5.82 Å². The van der Waals surface area contributed by atoms with E-state index in [0.717, 1.165) is 11.8 Å². The number of hydrogen-bond donors (Lipinski definition) is 1. The summed E-state index contributed by atoms with van der Waals surface area (Å²) in [4.78, 5) is 13.6. The quantitative estimate of drug-likeness (QED) is 0.320. The number of rotatable bonds is 7. The average Bonchev–Trinajstić information content (AvgIpc) is 3.12. The molecular formula is C27H27FN2O4S. The molecule has 0 aliphatic carbocycles. The Kier molecular flexibility index (Phi) is 6.42. The predicted molar refractivity (Wildman–Crippen MR) is 137 cm³/mol. The summed E-state index contributed by atoms with van der Waals surface area (Å²) in [5.74, 6) is -0.534. The van der Waals surface area contributed by atoms with Crippen molar-refractivity contribution in [2.45, 2.75) is 32.9 Å². The van der Waals surface area contributed by atoms with Crippen LogP contribution in [-0.4, -0.2) is 26.0 Å². The van der Waals surface area contributed by atoms with E-state index in [0.29, 0.717) is 22.2 Å². The number of furan rings is 1. The van der Waals surface area contributed by atoms with Gasteiger partial charge in [-0.2, -0.15) is 0 Å². The molecule has 0 amide bonds. The highest BCUT2D eigenvalue weighted by Crippen LogP contribution is 2.36. The van der Waals surface area contributed by atoms with E-state index in [1.165, 1.54) is 28.6 Å². The van der Waals surface area contributed by atoms with Gasteiger partial charge in [-0.05, 0) is 68.8 Å². The van der Waals surface area contributed by atoms with Crippen molar-refractivity contribution in [2.24, 2.45) is 0 Å². The van der Waals surface area contributed by atoms with Crippen molar-refractivity contribution in [3.63, 3.8) is 0 Å². The molecule has 0 aliphatic rings. The van der Waals surface area contributed by atoms with Crippen molar-refractivity contribution in [2.75, 3.05) is 15.9 Å². The zero-order chi connectivity index (χ0) is 25.4. The second-order valence-corrected chi connectivity index (χ2v) is 11.4. The lowest BCUT2D eigenvalue weighted by atomic mass is 10.0. The zero-order valence-corrected chi connectivity index (χ0v) is 20.8. The Morgan fingerprint density at radius 1 is 1.00 bits per heavy atom. The van der Waals surface area contributed by atoms with E-state index < -0.39 is 21.4 Å². The SMILES string of the molecule is CC(C)(C)Nc1oc2ccc(N(Cc3ccccc3)S(C)(=O)=O)cc2c1C(=O)c1ccc(F)cc1. The fourth-order valence-corrected chi connectivity index (χ4v) is 4.67. The summed E-state index contributed by atoms with van der Waals surface area (Å²) in [6.45, 7) is 5.94. The maximum Gasteiger partial charge on any atom is 0.232 e. The molecule has 8 heteroatoms. The molecule has 0 fully saturated rings. The van der Waals surface area contributed by atoms with E-state index >= 15 is 0 Å². The van der Waals surface area contributed by atoms with Crippen molar-refractivity contribution in [1.82, 2.24) is 0 Å². The largest absolute Gasteiger partial charge is 0.440 e. The molecule has 35 heavy (non-hydrogen) atoms. The third-order valence-corrected chi connectivity index (χ3v) is 6.49. The molecule has 0 bridgehead atoms. The average molecular weight is 495 g/mol. The summed E-state index contributed by atoms with van der Waals surface area (Å²) < 4.78 is 46.2. The van der Waals surface area contributed by atoms with Gasteiger partial charge in [0, 0.05) is 16.5 Å². The minimum atomic E-state index is -3.64. The summed E-state index contributed by atoms with van der Waals surface area (Å²) >= 11 is 0. The summed E-state index contributed by atoms with van der Waals surface area (Å²) in [5, 5.41) is 3.69. The maximum atomic E-state index is 13.6. The Balaban J connectivity index is 1.88. The van der Waals surface area contributed by atoms with E-state index in [1.54, 1.807) is 18.2 Å². The van der Waals surface area contributed by atoms with E-state index in [-0.39, 0.29) is 23.8 Å². The zero-order valence-electron chi connectivity index (χ0n) is 20.0. The number of fused-ring (bicyclic) bond motifs is 1. The monoisotopic (exact) mass is 494 g/mol. The second-order valence-electron chi connectivity index (χ2n) is 9.45. The van der Waals surface area contributed by atoms with Gasteiger partial charge >= 0.3 is 0 Å². The normalized spacial score (nSPS) is 12.0. The molecule has 0 aliphatic heterocycles. The lowest BCUT2D eigenvalue weighted by molar-refractivity contribution is 0.104. The number of carbonyl (C=O) groups is 1. The van der Waals surface area contributed by atoms with Crippen LogP contribution >= 0.6 is 0 Å². The Morgan fingerprint density at radius 2 is 1.66 bits per heavy atom. The summed E-state index contributed by atoms with van der Waals surface area (Å²) in [6, 6.07) is 19.5. The van der Waals surface area contributed by atoms with Crippen molar-refractivity contribution in [3.05, 3.63) is 95.3 Å². The van der Waals surface area contributed by atoms with Gasteiger partial charge in [-0.3, -0.25) is 9.10 Å². The van der Waals surface area contributed by atoms with E-state index in [9.17, 15) is 17.6 Å². The third-order valence-electron chi connectivity index (χ3n) is 5.35. The van der Waals surface area contributed by atoms with Crippen LogP contribution in [0.2, 0.25) is 0 Å². The number of sulfonamides is 1. The smallest absolute Gasteiger partial charge is 0.232 e. The van der Waals surface area contributed by atoms with Gasteiger partial charge in [0.05, 0.1) is 24.1 Å². The summed E-state index contributed by atoms with van der Waals surface area (Å²) in [7, 11) is -3.64. The lowest BCUT2D eigenvalue weighted by Gasteiger charge is -2.22. The van der Waals surface area contributed by atoms with Gasteiger partial charge < -0.3 is 9.73 Å². The fraction of sp³-hybridized carbons (Fsp3) is 0.222. The van der Waals surface area contributed by atoms with Gasteiger partial charge in [0.15, 0.2) is 5.78 Å². The minimum absolute atomic E-state index is 0.136. The number of halogens is 1. The first kappa shape index (κ1) is 24.5. The van der Waals surface area contributed by atoms with Crippen LogP contribution in [0.25, 0.3) is 11.0 Å². The molecule has 182 valence electrons. The topological polar surface area (TPSA) is 79.6 Å². The molecule has 0 saturated carbocycles. The van der Waals surface area contributed by atoms with Gasteiger partial charge in [-0.1, -0.05) is 30.3 Å². The Hall–Kier alpha value is -3.65. The molecule has 0 atom stereocenters. The lowest BCUT2D eigenvalue weighted by Crippen LogP contribution is -2.29. The maximum absolute atomic E-state index is 13.6.